The van der Waals surface area contributed by atoms with Gasteiger partial charge in [0.2, 0.25) is 5.95 Å². The predicted octanol–water partition coefficient (Wildman–Crippen LogP) is 3.23. The molecule has 0 spiro atoms. The van der Waals surface area contributed by atoms with Gasteiger partial charge in [-0.1, -0.05) is 11.8 Å². The fourth-order valence-corrected chi connectivity index (χ4v) is 2.19. The lowest BCUT2D eigenvalue weighted by Gasteiger charge is -1.91. The van der Waals surface area contributed by atoms with Crippen molar-refractivity contribution in [3.63, 3.8) is 0 Å². The Morgan fingerprint density at radius 2 is 1.83 bits per heavy atom. The predicted molar refractivity (Wildman–Crippen MR) is 69.8 cm³/mol. The molecule has 2 aromatic heterocycles. The van der Waals surface area contributed by atoms with Crippen LogP contribution in [0.5, 0.6) is 0 Å². The molecule has 0 amide bonds. The van der Waals surface area contributed by atoms with E-state index in [1.807, 2.05) is 23.7 Å². The second kappa shape index (κ2) is 4.55. The number of hydrogen-bond donors (Lipinski definition) is 0. The van der Waals surface area contributed by atoms with Gasteiger partial charge in [0, 0.05) is 17.3 Å². The van der Waals surface area contributed by atoms with E-state index in [2.05, 4.69) is 21.8 Å². The van der Waals surface area contributed by atoms with Gasteiger partial charge in [-0.2, -0.15) is 4.39 Å². The molecule has 0 N–H and O–H groups in total. The van der Waals surface area contributed by atoms with E-state index in [0.29, 0.717) is 5.56 Å². The Hall–Kier alpha value is -2.25. The van der Waals surface area contributed by atoms with Gasteiger partial charge in [-0.3, -0.25) is 0 Å². The van der Waals surface area contributed by atoms with E-state index in [1.165, 1.54) is 12.3 Å². The third-order valence-electron chi connectivity index (χ3n) is 2.41. The number of aromatic nitrogens is 2. The standard InChI is InChI=1S/C14H7FN2S/c15-14-6-4-11(8-16-14)2-1-10-3-5-13-12(7-10)17-9-18-13/h3-9H. The molecule has 4 heteroatoms. The van der Waals surface area contributed by atoms with Crippen molar-refractivity contribution < 1.29 is 4.39 Å². The maximum absolute atomic E-state index is 12.6. The van der Waals surface area contributed by atoms with Gasteiger partial charge >= 0.3 is 0 Å². The van der Waals surface area contributed by atoms with Crippen molar-refractivity contribution in [2.75, 3.05) is 0 Å². The molecule has 2 nitrogen and oxygen atoms in total. The van der Waals surface area contributed by atoms with E-state index < -0.39 is 5.95 Å². The van der Waals surface area contributed by atoms with Crippen LogP contribution in [0.4, 0.5) is 4.39 Å². The summed E-state index contributed by atoms with van der Waals surface area (Å²) >= 11 is 1.60. The summed E-state index contributed by atoms with van der Waals surface area (Å²) < 4.78 is 13.8. The third kappa shape index (κ3) is 2.22. The highest BCUT2D eigenvalue weighted by atomic mass is 32.1. The minimum Gasteiger partial charge on any atom is -0.245 e. The Bertz CT molecular complexity index is 751. The molecule has 0 bridgehead atoms. The van der Waals surface area contributed by atoms with E-state index >= 15 is 0 Å². The Morgan fingerprint density at radius 1 is 1.00 bits per heavy atom. The van der Waals surface area contributed by atoms with Crippen LogP contribution in [0.1, 0.15) is 11.1 Å². The highest BCUT2D eigenvalue weighted by Gasteiger charge is 1.96. The van der Waals surface area contributed by atoms with Gasteiger partial charge < -0.3 is 0 Å². The maximum atomic E-state index is 12.6. The van der Waals surface area contributed by atoms with Crippen LogP contribution in [0, 0.1) is 17.8 Å². The van der Waals surface area contributed by atoms with E-state index in [9.17, 15) is 4.39 Å². The lowest BCUT2D eigenvalue weighted by molar-refractivity contribution is 0.583. The van der Waals surface area contributed by atoms with Crippen molar-refractivity contribution in [3.05, 3.63) is 59.1 Å². The second-order valence-corrected chi connectivity index (χ2v) is 4.54. The minimum absolute atomic E-state index is 0.496. The summed E-state index contributed by atoms with van der Waals surface area (Å²) in [7, 11) is 0. The number of hydrogen-bond acceptors (Lipinski definition) is 3. The monoisotopic (exact) mass is 254 g/mol. The molecular weight excluding hydrogens is 247 g/mol. The average molecular weight is 254 g/mol. The van der Waals surface area contributed by atoms with Gasteiger partial charge in [0.05, 0.1) is 15.7 Å². The quantitative estimate of drug-likeness (QED) is 0.454. The topological polar surface area (TPSA) is 25.8 Å². The van der Waals surface area contributed by atoms with Crippen molar-refractivity contribution >= 4 is 21.6 Å². The lowest BCUT2D eigenvalue weighted by atomic mass is 10.2. The Kier molecular flexibility index (Phi) is 2.75. The first-order valence-electron chi connectivity index (χ1n) is 5.28. The fourth-order valence-electron chi connectivity index (χ4n) is 1.53. The Labute approximate surface area is 107 Å². The molecule has 0 atom stereocenters. The number of benzene rings is 1. The number of nitrogens with zero attached hydrogens (tertiary/aromatic N) is 2. The van der Waals surface area contributed by atoms with Gasteiger partial charge in [0.25, 0.3) is 0 Å². The highest BCUT2D eigenvalue weighted by molar-refractivity contribution is 7.16. The van der Waals surface area contributed by atoms with Crippen molar-refractivity contribution in [1.82, 2.24) is 9.97 Å². The van der Waals surface area contributed by atoms with Gasteiger partial charge in [-0.25, -0.2) is 9.97 Å². The molecule has 0 radical (unpaired) electrons. The van der Waals surface area contributed by atoms with E-state index in [0.717, 1.165) is 15.8 Å². The van der Waals surface area contributed by atoms with Crippen LogP contribution in [-0.2, 0) is 0 Å². The molecule has 3 rings (SSSR count). The fraction of sp³-hybridized carbons (Fsp3) is 0. The van der Waals surface area contributed by atoms with Gasteiger partial charge in [0.15, 0.2) is 0 Å². The highest BCUT2D eigenvalue weighted by Crippen LogP contribution is 2.18. The zero-order valence-corrected chi connectivity index (χ0v) is 10.0. The summed E-state index contributed by atoms with van der Waals surface area (Å²) in [6.45, 7) is 0. The van der Waals surface area contributed by atoms with Gasteiger partial charge in [-0.05, 0) is 30.3 Å². The molecule has 0 aliphatic carbocycles. The maximum Gasteiger partial charge on any atom is 0.212 e. The van der Waals surface area contributed by atoms with Crippen LogP contribution >= 0.6 is 11.3 Å². The minimum atomic E-state index is -0.496. The molecule has 0 fully saturated rings. The largest absolute Gasteiger partial charge is 0.245 e. The molecule has 2 heterocycles. The van der Waals surface area contributed by atoms with Gasteiger partial charge in [0.1, 0.15) is 0 Å². The second-order valence-electron chi connectivity index (χ2n) is 3.65. The molecule has 18 heavy (non-hydrogen) atoms. The molecule has 0 saturated heterocycles. The molecule has 0 aliphatic rings. The first-order chi connectivity index (χ1) is 8.81. The van der Waals surface area contributed by atoms with Crippen molar-refractivity contribution in [3.8, 4) is 11.8 Å². The molecule has 0 aliphatic heterocycles. The Balaban J connectivity index is 1.94. The summed E-state index contributed by atoms with van der Waals surface area (Å²) in [6, 6.07) is 8.80. The number of thiazole rings is 1. The zero-order chi connectivity index (χ0) is 12.4. The first kappa shape index (κ1) is 10.9. The molecule has 0 unspecified atom stereocenters. The zero-order valence-electron chi connectivity index (χ0n) is 9.22. The van der Waals surface area contributed by atoms with Crippen LogP contribution in [0.3, 0.4) is 0 Å². The first-order valence-corrected chi connectivity index (χ1v) is 6.16. The van der Waals surface area contributed by atoms with E-state index in [-0.39, 0.29) is 0 Å². The summed E-state index contributed by atoms with van der Waals surface area (Å²) in [6.07, 6.45) is 1.42. The van der Waals surface area contributed by atoms with Crippen LogP contribution in [0.25, 0.3) is 10.2 Å². The molecule has 3 aromatic rings. The van der Waals surface area contributed by atoms with Crippen LogP contribution in [-0.4, -0.2) is 9.97 Å². The van der Waals surface area contributed by atoms with Gasteiger partial charge in [-0.15, -0.1) is 11.3 Å². The molecule has 86 valence electrons. The average Bonchev–Trinajstić information content (AvgIpc) is 2.85. The smallest absolute Gasteiger partial charge is 0.212 e. The third-order valence-corrected chi connectivity index (χ3v) is 3.22. The number of halogens is 1. The summed E-state index contributed by atoms with van der Waals surface area (Å²) in [5.41, 5.74) is 4.34. The van der Waals surface area contributed by atoms with Crippen LogP contribution < -0.4 is 0 Å². The molecular formula is C14H7FN2S. The summed E-state index contributed by atoms with van der Waals surface area (Å²) in [5, 5.41) is 0. The Morgan fingerprint density at radius 3 is 2.67 bits per heavy atom. The van der Waals surface area contributed by atoms with Crippen molar-refractivity contribution in [2.45, 2.75) is 0 Å². The number of fused-ring (bicyclic) bond motifs is 1. The molecule has 1 aromatic carbocycles. The van der Waals surface area contributed by atoms with Crippen LogP contribution in [0.15, 0.2) is 42.0 Å². The molecule has 0 saturated carbocycles. The summed E-state index contributed by atoms with van der Waals surface area (Å²) in [4.78, 5) is 7.79. The normalized spacial score (nSPS) is 10.1. The lowest BCUT2D eigenvalue weighted by Crippen LogP contribution is -1.82. The number of rotatable bonds is 0. The van der Waals surface area contributed by atoms with Crippen LogP contribution in [0.2, 0.25) is 0 Å². The van der Waals surface area contributed by atoms with Crippen molar-refractivity contribution in [2.24, 2.45) is 0 Å². The van der Waals surface area contributed by atoms with Crippen molar-refractivity contribution in [1.29, 1.82) is 0 Å². The number of pyridine rings is 1. The van der Waals surface area contributed by atoms with E-state index in [1.54, 1.807) is 17.4 Å². The SMILES string of the molecule is Fc1ccc(C#Cc2ccc3scnc3c2)cn1. The summed E-state index contributed by atoms with van der Waals surface area (Å²) in [5.74, 6) is 5.46. The van der Waals surface area contributed by atoms with E-state index in [4.69, 9.17) is 0 Å².